The van der Waals surface area contributed by atoms with Crippen molar-refractivity contribution in [2.75, 3.05) is 13.2 Å². The summed E-state index contributed by atoms with van der Waals surface area (Å²) in [6, 6.07) is 21.6. The van der Waals surface area contributed by atoms with Gasteiger partial charge >= 0.3 is 11.9 Å². The quantitative estimate of drug-likeness (QED) is 0.218. The Hall–Kier alpha value is -4.88. The molecule has 0 fully saturated rings. The summed E-state index contributed by atoms with van der Waals surface area (Å²) in [7, 11) is 0. The van der Waals surface area contributed by atoms with Gasteiger partial charge in [-0.05, 0) is 58.7 Å². The Bertz CT molecular complexity index is 1720. The zero-order valence-corrected chi connectivity index (χ0v) is 22.7. The predicted molar refractivity (Wildman–Crippen MR) is 156 cm³/mol. The van der Waals surface area contributed by atoms with Crippen LogP contribution in [0.25, 0.3) is 43.8 Å². The second-order valence-electron chi connectivity index (χ2n) is 9.75. The van der Waals surface area contributed by atoms with Crippen LogP contribution in [0.2, 0.25) is 0 Å². The minimum atomic E-state index is -0.618. The van der Waals surface area contributed by atoms with Crippen molar-refractivity contribution in [1.82, 2.24) is 0 Å². The summed E-state index contributed by atoms with van der Waals surface area (Å²) in [6.45, 7) is 3.79. The van der Waals surface area contributed by atoms with Gasteiger partial charge < -0.3 is 24.4 Å². The molecule has 0 aromatic heterocycles. The van der Waals surface area contributed by atoms with E-state index >= 15 is 0 Å². The Morgan fingerprint density at radius 1 is 0.634 bits per heavy atom. The number of ether oxygens (including phenoxy) is 3. The monoisotopic (exact) mass is 548 g/mol. The highest BCUT2D eigenvalue weighted by Crippen LogP contribution is 2.52. The number of rotatable bonds is 6. The third-order valence-corrected chi connectivity index (χ3v) is 7.48. The maximum absolute atomic E-state index is 13.8. The van der Waals surface area contributed by atoms with Crippen molar-refractivity contribution in [3.8, 4) is 33.8 Å². The van der Waals surface area contributed by atoms with Crippen molar-refractivity contribution < 1.29 is 34.0 Å². The Morgan fingerprint density at radius 2 is 1.05 bits per heavy atom. The molecule has 7 nitrogen and oxygen atoms in total. The van der Waals surface area contributed by atoms with Crippen LogP contribution >= 0.6 is 0 Å². The lowest BCUT2D eigenvalue weighted by Crippen LogP contribution is -2.17. The molecule has 5 aromatic rings. The highest BCUT2D eigenvalue weighted by molar-refractivity contribution is 6.18. The highest BCUT2D eigenvalue weighted by Gasteiger charge is 2.37. The molecule has 6 rings (SSSR count). The van der Waals surface area contributed by atoms with Crippen molar-refractivity contribution in [3.63, 3.8) is 0 Å². The topological polar surface area (TPSA) is 102 Å². The summed E-state index contributed by atoms with van der Waals surface area (Å²) in [6.07, 6.45) is 0. The molecule has 0 aliphatic carbocycles. The van der Waals surface area contributed by atoms with Crippen LogP contribution in [0.15, 0.2) is 72.8 Å². The highest BCUT2D eigenvalue weighted by atomic mass is 16.5. The summed E-state index contributed by atoms with van der Waals surface area (Å²) in [4.78, 5) is 27.7. The van der Waals surface area contributed by atoms with Gasteiger partial charge in [-0.25, -0.2) is 9.59 Å². The van der Waals surface area contributed by atoms with Crippen LogP contribution < -0.4 is 0 Å². The fourth-order valence-electron chi connectivity index (χ4n) is 5.83. The van der Waals surface area contributed by atoms with Crippen LogP contribution in [0.1, 0.15) is 45.7 Å². The summed E-state index contributed by atoms with van der Waals surface area (Å²) in [5.74, 6) is -1.42. The van der Waals surface area contributed by atoms with E-state index < -0.39 is 11.9 Å². The number of carbonyl (C=O) groups is 2. The number of phenols is 2. The molecule has 1 heterocycles. The number of carbonyl (C=O) groups excluding carboxylic acids is 2. The SMILES string of the molecule is CCOC(=O)c1c2c(c(C(=O)OCC)c(-c3c(O)ccc4ccccc34)c1-c1c(O)ccc3ccccc13)COC2. The smallest absolute Gasteiger partial charge is 0.339 e. The molecular weight excluding hydrogens is 520 g/mol. The van der Waals surface area contributed by atoms with Crippen molar-refractivity contribution in [1.29, 1.82) is 0 Å². The minimum absolute atomic E-state index is 0.0657. The molecule has 7 heteroatoms. The number of hydrogen-bond donors (Lipinski definition) is 2. The van der Waals surface area contributed by atoms with Gasteiger partial charge in [-0.15, -0.1) is 0 Å². The number of phenolic OH excluding ortho intramolecular Hbond substituents is 2. The zero-order valence-electron chi connectivity index (χ0n) is 22.7. The molecule has 0 amide bonds. The molecule has 0 unspecified atom stereocenters. The Balaban J connectivity index is 1.92. The standard InChI is InChI=1S/C34H28O7/c1-3-40-33(37)29-23-17-39-18-24(23)30(34(38)41-4-2)32(28-22-12-8-6-10-20(22)14-16-26(28)36)31(29)27-21-11-7-5-9-19(21)13-15-25(27)35/h5-16,35-36H,3-4,17-18H2,1-2H3. The molecule has 5 aromatic carbocycles. The van der Waals surface area contributed by atoms with Crippen LogP contribution in [0.3, 0.4) is 0 Å². The molecule has 0 radical (unpaired) electrons. The second kappa shape index (κ2) is 10.6. The number of hydrogen-bond acceptors (Lipinski definition) is 7. The Morgan fingerprint density at radius 3 is 1.46 bits per heavy atom. The van der Waals surface area contributed by atoms with E-state index in [9.17, 15) is 19.8 Å². The predicted octanol–water partition coefficient (Wildman–Crippen LogP) is 7.12. The van der Waals surface area contributed by atoms with Crippen LogP contribution in [0.5, 0.6) is 11.5 Å². The first-order chi connectivity index (χ1) is 20.0. The minimum Gasteiger partial charge on any atom is -0.507 e. The van der Waals surface area contributed by atoms with Crippen molar-refractivity contribution in [2.24, 2.45) is 0 Å². The number of benzene rings is 5. The van der Waals surface area contributed by atoms with Gasteiger partial charge in [0, 0.05) is 22.3 Å². The van der Waals surface area contributed by atoms with Gasteiger partial charge in [0.25, 0.3) is 0 Å². The fraction of sp³-hybridized carbons (Fsp3) is 0.176. The third-order valence-electron chi connectivity index (χ3n) is 7.48. The van der Waals surface area contributed by atoms with E-state index in [1.54, 1.807) is 38.1 Å². The first kappa shape index (κ1) is 26.3. The van der Waals surface area contributed by atoms with Gasteiger partial charge in [-0.3, -0.25) is 0 Å². The Labute approximate surface area is 236 Å². The average molecular weight is 549 g/mol. The molecule has 2 N–H and O–H groups in total. The van der Waals surface area contributed by atoms with Crippen LogP contribution in [-0.2, 0) is 27.4 Å². The van der Waals surface area contributed by atoms with E-state index in [0.29, 0.717) is 33.0 Å². The van der Waals surface area contributed by atoms with Crippen molar-refractivity contribution >= 4 is 33.5 Å². The van der Waals surface area contributed by atoms with E-state index in [4.69, 9.17) is 14.2 Å². The van der Waals surface area contributed by atoms with E-state index in [2.05, 4.69) is 0 Å². The van der Waals surface area contributed by atoms with Crippen molar-refractivity contribution in [2.45, 2.75) is 27.1 Å². The molecule has 0 saturated heterocycles. The molecule has 1 aliphatic rings. The second-order valence-corrected chi connectivity index (χ2v) is 9.75. The normalized spacial score (nSPS) is 12.4. The van der Waals surface area contributed by atoms with Gasteiger partial charge in [0.2, 0.25) is 0 Å². The number of aromatic hydroxyl groups is 2. The van der Waals surface area contributed by atoms with E-state index in [1.807, 2.05) is 48.5 Å². The van der Waals surface area contributed by atoms with Crippen LogP contribution in [0, 0.1) is 0 Å². The van der Waals surface area contributed by atoms with E-state index in [1.165, 1.54) is 0 Å². The summed E-state index contributed by atoms with van der Waals surface area (Å²) >= 11 is 0. The molecular formula is C34H28O7. The lowest BCUT2D eigenvalue weighted by Gasteiger charge is -2.24. The molecule has 0 bridgehead atoms. The number of esters is 2. The van der Waals surface area contributed by atoms with Gasteiger partial charge in [0.15, 0.2) is 0 Å². The molecule has 1 aliphatic heterocycles. The van der Waals surface area contributed by atoms with Gasteiger partial charge in [-0.2, -0.15) is 0 Å². The first-order valence-electron chi connectivity index (χ1n) is 13.5. The van der Waals surface area contributed by atoms with Crippen LogP contribution in [0.4, 0.5) is 0 Å². The summed E-state index contributed by atoms with van der Waals surface area (Å²) < 4.78 is 17.0. The van der Waals surface area contributed by atoms with Gasteiger partial charge in [-0.1, -0.05) is 60.7 Å². The molecule has 0 atom stereocenters. The van der Waals surface area contributed by atoms with Gasteiger partial charge in [0.1, 0.15) is 11.5 Å². The van der Waals surface area contributed by atoms with E-state index in [-0.39, 0.29) is 60.2 Å². The van der Waals surface area contributed by atoms with Crippen molar-refractivity contribution in [3.05, 3.63) is 95.1 Å². The molecule has 206 valence electrons. The lowest BCUT2D eigenvalue weighted by molar-refractivity contribution is 0.0511. The van der Waals surface area contributed by atoms with Crippen LogP contribution in [-0.4, -0.2) is 35.4 Å². The molecule has 0 saturated carbocycles. The molecule has 41 heavy (non-hydrogen) atoms. The largest absolute Gasteiger partial charge is 0.507 e. The average Bonchev–Trinajstić information content (AvgIpc) is 3.45. The maximum Gasteiger partial charge on any atom is 0.339 e. The zero-order chi connectivity index (χ0) is 28.7. The number of fused-ring (bicyclic) bond motifs is 3. The van der Waals surface area contributed by atoms with E-state index in [0.717, 1.165) is 10.8 Å². The maximum atomic E-state index is 13.8. The fourth-order valence-corrected chi connectivity index (χ4v) is 5.83. The third kappa shape index (κ3) is 4.26. The lowest BCUT2D eigenvalue weighted by atomic mass is 9.79. The summed E-state index contributed by atoms with van der Waals surface area (Å²) in [5, 5.41) is 25.9. The molecule has 0 spiro atoms. The Kier molecular flexibility index (Phi) is 6.81. The first-order valence-corrected chi connectivity index (χ1v) is 13.5. The summed E-state index contributed by atoms with van der Waals surface area (Å²) in [5.41, 5.74) is 2.59. The van der Waals surface area contributed by atoms with Gasteiger partial charge in [0.05, 0.1) is 37.6 Å².